The number of ether oxygens (including phenoxy) is 1. The highest BCUT2D eigenvalue weighted by atomic mass is 35.5. The molecule has 0 saturated carbocycles. The molecule has 9 heteroatoms. The quantitative estimate of drug-likeness (QED) is 0.317. The monoisotopic (exact) mass is 492 g/mol. The van der Waals surface area contributed by atoms with Gasteiger partial charge in [-0.05, 0) is 74.0 Å². The van der Waals surface area contributed by atoms with Crippen molar-refractivity contribution < 1.29 is 13.5 Å². The Morgan fingerprint density at radius 3 is 2.51 bits per heavy atom. The zero-order valence-electron chi connectivity index (χ0n) is 18.8. The van der Waals surface area contributed by atoms with Gasteiger partial charge in [-0.1, -0.05) is 17.7 Å². The minimum absolute atomic E-state index is 0.0156. The molecule has 0 bridgehead atoms. The summed E-state index contributed by atoms with van der Waals surface area (Å²) in [5.74, 6) is -1.54. The molecule has 176 valence electrons. The van der Waals surface area contributed by atoms with E-state index in [4.69, 9.17) is 16.3 Å². The molecule has 0 spiro atoms. The van der Waals surface area contributed by atoms with Gasteiger partial charge in [0.05, 0.1) is 16.9 Å². The smallest absolute Gasteiger partial charge is 0.267 e. The maximum Gasteiger partial charge on any atom is 0.267 e. The van der Waals surface area contributed by atoms with Gasteiger partial charge in [0.2, 0.25) is 0 Å². The summed E-state index contributed by atoms with van der Waals surface area (Å²) in [6.45, 7) is 3.62. The van der Waals surface area contributed by atoms with E-state index in [0.29, 0.717) is 38.9 Å². The molecule has 6 nitrogen and oxygen atoms in total. The SMILES string of the molecule is Cc1nc2c(OCc3ccc(F)c(F)c3)cccn2c(=O)c1-c1cc(C)n(-c2ccc(Cl)cc2)n1. The van der Waals surface area contributed by atoms with E-state index in [9.17, 15) is 13.6 Å². The van der Waals surface area contributed by atoms with Crippen LogP contribution in [0.2, 0.25) is 5.02 Å². The number of rotatable bonds is 5. The van der Waals surface area contributed by atoms with Crippen molar-refractivity contribution in [1.29, 1.82) is 0 Å². The number of pyridine rings is 1. The highest BCUT2D eigenvalue weighted by molar-refractivity contribution is 6.30. The van der Waals surface area contributed by atoms with Gasteiger partial charge in [0.1, 0.15) is 12.3 Å². The number of hydrogen-bond acceptors (Lipinski definition) is 4. The molecule has 5 aromatic rings. The second-order valence-corrected chi connectivity index (χ2v) is 8.48. The summed E-state index contributed by atoms with van der Waals surface area (Å²) >= 11 is 6.00. The normalized spacial score (nSPS) is 11.2. The molecule has 0 atom stereocenters. The first kappa shape index (κ1) is 22.7. The Bertz CT molecular complexity index is 1630. The lowest BCUT2D eigenvalue weighted by molar-refractivity contribution is 0.306. The summed E-state index contributed by atoms with van der Waals surface area (Å²) in [4.78, 5) is 18.1. The summed E-state index contributed by atoms with van der Waals surface area (Å²) in [6.07, 6.45) is 1.60. The minimum Gasteiger partial charge on any atom is -0.485 e. The second kappa shape index (κ2) is 8.96. The highest BCUT2D eigenvalue weighted by Crippen LogP contribution is 2.25. The summed E-state index contributed by atoms with van der Waals surface area (Å²) in [7, 11) is 0. The van der Waals surface area contributed by atoms with Crippen LogP contribution in [0.25, 0.3) is 22.6 Å². The average molecular weight is 493 g/mol. The van der Waals surface area contributed by atoms with E-state index in [1.54, 1.807) is 42.1 Å². The van der Waals surface area contributed by atoms with Gasteiger partial charge in [0.15, 0.2) is 23.0 Å². The molecule has 0 saturated heterocycles. The number of aryl methyl sites for hydroxylation is 2. The number of nitrogens with zero attached hydrogens (tertiary/aromatic N) is 4. The molecule has 0 aliphatic rings. The lowest BCUT2D eigenvalue weighted by Gasteiger charge is -2.12. The third-order valence-corrected chi connectivity index (χ3v) is 5.84. The molecule has 0 aliphatic carbocycles. The van der Waals surface area contributed by atoms with Crippen molar-refractivity contribution in [2.75, 3.05) is 0 Å². The first-order valence-electron chi connectivity index (χ1n) is 10.7. The topological polar surface area (TPSA) is 61.4 Å². The maximum absolute atomic E-state index is 13.5. The van der Waals surface area contributed by atoms with E-state index in [1.807, 2.05) is 25.1 Å². The van der Waals surface area contributed by atoms with Crippen LogP contribution in [0.3, 0.4) is 0 Å². The van der Waals surface area contributed by atoms with Crippen LogP contribution in [0.1, 0.15) is 17.0 Å². The van der Waals surface area contributed by atoms with Crippen molar-refractivity contribution in [3.63, 3.8) is 0 Å². The molecule has 5 rings (SSSR count). The van der Waals surface area contributed by atoms with E-state index in [0.717, 1.165) is 23.5 Å². The summed E-state index contributed by atoms with van der Waals surface area (Å²) in [5, 5.41) is 5.26. The molecule has 0 radical (unpaired) electrons. The Hall–Kier alpha value is -4.04. The Balaban J connectivity index is 1.53. The fourth-order valence-electron chi connectivity index (χ4n) is 3.88. The Kier molecular flexibility index (Phi) is 5.82. The number of aromatic nitrogens is 4. The standard InChI is InChI=1S/C26H19ClF2N4O2/c1-15-12-22(31-33(15)19-8-6-18(27)7-9-19)24-16(2)30-25-23(4-3-11-32(25)26(24)34)35-14-17-5-10-20(28)21(29)13-17/h3-13H,14H2,1-2H3. The summed E-state index contributed by atoms with van der Waals surface area (Å²) in [5.41, 5.74) is 3.48. The predicted molar refractivity (Wildman–Crippen MR) is 129 cm³/mol. The first-order valence-corrected chi connectivity index (χ1v) is 11.1. The predicted octanol–water partition coefficient (Wildman–Crippen LogP) is 5.67. The lowest BCUT2D eigenvalue weighted by atomic mass is 10.1. The third-order valence-electron chi connectivity index (χ3n) is 5.59. The zero-order valence-corrected chi connectivity index (χ0v) is 19.6. The van der Waals surface area contributed by atoms with Crippen LogP contribution in [-0.4, -0.2) is 19.2 Å². The number of hydrogen-bond donors (Lipinski definition) is 0. The van der Waals surface area contributed by atoms with Crippen LogP contribution < -0.4 is 10.3 Å². The lowest BCUT2D eigenvalue weighted by Crippen LogP contribution is -2.19. The average Bonchev–Trinajstić information content (AvgIpc) is 3.21. The van der Waals surface area contributed by atoms with Gasteiger partial charge in [0.25, 0.3) is 5.56 Å². The van der Waals surface area contributed by atoms with Crippen molar-refractivity contribution in [3.8, 4) is 22.7 Å². The van der Waals surface area contributed by atoms with Crippen LogP contribution in [0.4, 0.5) is 8.78 Å². The molecule has 0 fully saturated rings. The first-order chi connectivity index (χ1) is 16.8. The van der Waals surface area contributed by atoms with Crippen molar-refractivity contribution in [1.82, 2.24) is 19.2 Å². The Morgan fingerprint density at radius 2 is 1.77 bits per heavy atom. The highest BCUT2D eigenvalue weighted by Gasteiger charge is 2.18. The van der Waals surface area contributed by atoms with Crippen LogP contribution in [0, 0.1) is 25.5 Å². The van der Waals surface area contributed by atoms with Crippen LogP contribution in [0.5, 0.6) is 5.75 Å². The van der Waals surface area contributed by atoms with Crippen LogP contribution >= 0.6 is 11.6 Å². The van der Waals surface area contributed by atoms with Gasteiger partial charge in [-0.15, -0.1) is 0 Å². The molecule has 0 amide bonds. The van der Waals surface area contributed by atoms with Gasteiger partial charge < -0.3 is 4.74 Å². The Morgan fingerprint density at radius 1 is 1.00 bits per heavy atom. The van der Waals surface area contributed by atoms with E-state index in [2.05, 4.69) is 10.1 Å². The largest absolute Gasteiger partial charge is 0.485 e. The molecular formula is C26H19ClF2N4O2. The van der Waals surface area contributed by atoms with Crippen molar-refractivity contribution in [2.45, 2.75) is 20.5 Å². The molecular weight excluding hydrogens is 474 g/mol. The summed E-state index contributed by atoms with van der Waals surface area (Å²) in [6, 6.07) is 16.0. The molecule has 2 aromatic carbocycles. The zero-order chi connectivity index (χ0) is 24.7. The molecule has 3 aromatic heterocycles. The fraction of sp³-hybridized carbons (Fsp3) is 0.115. The van der Waals surface area contributed by atoms with Crippen molar-refractivity contribution in [3.05, 3.63) is 111 Å². The van der Waals surface area contributed by atoms with E-state index in [1.165, 1.54) is 10.5 Å². The maximum atomic E-state index is 13.5. The van der Waals surface area contributed by atoms with E-state index < -0.39 is 11.6 Å². The van der Waals surface area contributed by atoms with E-state index >= 15 is 0 Å². The fourth-order valence-corrected chi connectivity index (χ4v) is 4.01. The second-order valence-electron chi connectivity index (χ2n) is 8.04. The third kappa shape index (κ3) is 4.28. The van der Waals surface area contributed by atoms with Crippen molar-refractivity contribution in [2.24, 2.45) is 0 Å². The van der Waals surface area contributed by atoms with Gasteiger partial charge in [-0.2, -0.15) is 5.10 Å². The van der Waals surface area contributed by atoms with Gasteiger partial charge in [-0.25, -0.2) is 18.4 Å². The number of halogens is 3. The van der Waals surface area contributed by atoms with Crippen LogP contribution in [0.15, 0.2) is 71.7 Å². The minimum atomic E-state index is -0.952. The van der Waals surface area contributed by atoms with Gasteiger partial charge in [-0.3, -0.25) is 9.20 Å². The molecule has 0 aliphatic heterocycles. The molecule has 0 unspecified atom stereocenters. The Labute approximate surface area is 204 Å². The number of fused-ring (bicyclic) bond motifs is 1. The van der Waals surface area contributed by atoms with Gasteiger partial charge in [0, 0.05) is 16.9 Å². The molecule has 0 N–H and O–H groups in total. The molecule has 3 heterocycles. The molecule has 35 heavy (non-hydrogen) atoms. The number of benzene rings is 2. The van der Waals surface area contributed by atoms with E-state index in [-0.39, 0.29) is 12.2 Å². The summed E-state index contributed by atoms with van der Waals surface area (Å²) < 4.78 is 35.7. The van der Waals surface area contributed by atoms with Crippen LogP contribution in [-0.2, 0) is 6.61 Å². The van der Waals surface area contributed by atoms with Crippen molar-refractivity contribution >= 4 is 17.2 Å². The van der Waals surface area contributed by atoms with Gasteiger partial charge >= 0.3 is 0 Å².